The number of hydrogen-bond acceptors (Lipinski definition) is 4. The molecule has 0 saturated heterocycles. The van der Waals surface area contributed by atoms with Gasteiger partial charge in [0.15, 0.2) is 0 Å². The highest BCUT2D eigenvalue weighted by atomic mass is 35.5. The molecule has 202 valence electrons. The average molecular weight is 577 g/mol. The van der Waals surface area contributed by atoms with Crippen molar-refractivity contribution in [3.8, 4) is 0 Å². The lowest BCUT2D eigenvalue weighted by Gasteiger charge is -2.33. The summed E-state index contributed by atoms with van der Waals surface area (Å²) in [7, 11) is -4.16. The molecule has 0 bridgehead atoms. The summed E-state index contributed by atoms with van der Waals surface area (Å²) in [6.45, 7) is 5.26. The Kier molecular flexibility index (Phi) is 10.2. The molecule has 0 aromatic heterocycles. The number of sulfonamides is 1. The topological polar surface area (TPSA) is 86.8 Å². The maximum absolute atomic E-state index is 13.9. The lowest BCUT2D eigenvalue weighted by molar-refractivity contribution is -0.140. The third-order valence-corrected chi connectivity index (χ3v) is 8.65. The van der Waals surface area contributed by atoms with E-state index < -0.39 is 28.5 Å². The van der Waals surface area contributed by atoms with Crippen LogP contribution in [-0.4, -0.2) is 44.3 Å². The van der Waals surface area contributed by atoms with Gasteiger partial charge in [0.05, 0.1) is 10.6 Å². The monoisotopic (exact) mass is 575 g/mol. The number of nitrogens with one attached hydrogen (secondary N) is 1. The number of halogens is 2. The van der Waals surface area contributed by atoms with Crippen molar-refractivity contribution < 1.29 is 18.0 Å². The normalized spacial score (nSPS) is 12.0. The Hall–Kier alpha value is -3.07. The molecule has 10 heteroatoms. The van der Waals surface area contributed by atoms with E-state index in [1.165, 1.54) is 23.1 Å². The van der Waals surface area contributed by atoms with E-state index in [0.29, 0.717) is 28.6 Å². The largest absolute Gasteiger partial charge is 0.355 e. The van der Waals surface area contributed by atoms with Crippen LogP contribution < -0.4 is 9.62 Å². The van der Waals surface area contributed by atoms with Gasteiger partial charge in [-0.15, -0.1) is 0 Å². The Labute approximate surface area is 234 Å². The number of rotatable bonds is 11. The predicted molar refractivity (Wildman–Crippen MR) is 152 cm³/mol. The fourth-order valence-electron chi connectivity index (χ4n) is 4.01. The fraction of sp³-hybridized carbons (Fsp3) is 0.286. The second-order valence-electron chi connectivity index (χ2n) is 8.69. The Balaban J connectivity index is 2.08. The molecule has 1 N–H and O–H groups in total. The zero-order valence-electron chi connectivity index (χ0n) is 21.5. The highest BCUT2D eigenvalue weighted by molar-refractivity contribution is 7.92. The first-order valence-electron chi connectivity index (χ1n) is 12.2. The molecule has 3 aromatic rings. The van der Waals surface area contributed by atoms with Crippen LogP contribution in [-0.2, 0) is 26.2 Å². The van der Waals surface area contributed by atoms with Gasteiger partial charge in [-0.3, -0.25) is 13.9 Å². The first-order valence-corrected chi connectivity index (χ1v) is 14.4. The van der Waals surface area contributed by atoms with Crippen molar-refractivity contribution in [2.24, 2.45) is 0 Å². The molecule has 1 atom stereocenters. The third kappa shape index (κ3) is 6.87. The molecule has 2 amide bonds. The van der Waals surface area contributed by atoms with Crippen LogP contribution >= 0.6 is 23.2 Å². The first-order chi connectivity index (χ1) is 18.1. The number of carbonyl (C=O) groups excluding carboxylic acids is 2. The maximum atomic E-state index is 13.9. The van der Waals surface area contributed by atoms with E-state index in [1.54, 1.807) is 75.4 Å². The number of likely N-dealkylation sites (N-methyl/N-ethyl adjacent to an activating group) is 1. The van der Waals surface area contributed by atoms with Gasteiger partial charge in [-0.05, 0) is 61.7 Å². The molecule has 0 fully saturated rings. The van der Waals surface area contributed by atoms with Crippen LogP contribution in [0.3, 0.4) is 0 Å². The Morgan fingerprint density at radius 2 is 1.58 bits per heavy atom. The molecule has 3 rings (SSSR count). The molecule has 0 heterocycles. The highest BCUT2D eigenvalue weighted by Gasteiger charge is 2.33. The molecule has 0 spiro atoms. The number of anilines is 1. The van der Waals surface area contributed by atoms with Crippen LogP contribution in [0, 0.1) is 6.92 Å². The van der Waals surface area contributed by atoms with Gasteiger partial charge in [0, 0.05) is 23.1 Å². The zero-order chi connectivity index (χ0) is 27.9. The zero-order valence-corrected chi connectivity index (χ0v) is 23.9. The summed E-state index contributed by atoms with van der Waals surface area (Å²) >= 11 is 12.7. The van der Waals surface area contributed by atoms with Crippen LogP contribution in [0.1, 0.15) is 31.4 Å². The number of carbonyl (C=O) groups is 2. The van der Waals surface area contributed by atoms with Crippen molar-refractivity contribution in [2.75, 3.05) is 17.4 Å². The molecule has 3 aromatic carbocycles. The van der Waals surface area contributed by atoms with E-state index >= 15 is 0 Å². The van der Waals surface area contributed by atoms with Gasteiger partial charge >= 0.3 is 0 Å². The Morgan fingerprint density at radius 3 is 2.18 bits per heavy atom. The van der Waals surface area contributed by atoms with Gasteiger partial charge in [-0.1, -0.05) is 72.6 Å². The van der Waals surface area contributed by atoms with E-state index in [1.807, 2.05) is 0 Å². The molecule has 0 saturated carbocycles. The van der Waals surface area contributed by atoms with Crippen LogP contribution in [0.4, 0.5) is 5.69 Å². The second kappa shape index (κ2) is 13.1. The summed E-state index contributed by atoms with van der Waals surface area (Å²) < 4.78 is 28.6. The van der Waals surface area contributed by atoms with Gasteiger partial charge in [0.1, 0.15) is 12.6 Å². The Bertz CT molecular complexity index is 1380. The minimum Gasteiger partial charge on any atom is -0.355 e. The number of nitrogens with zero attached hydrogens (tertiary/aromatic N) is 2. The summed E-state index contributed by atoms with van der Waals surface area (Å²) in [6, 6.07) is 18.9. The van der Waals surface area contributed by atoms with E-state index in [2.05, 4.69) is 5.32 Å². The second-order valence-corrected chi connectivity index (χ2v) is 11.4. The summed E-state index contributed by atoms with van der Waals surface area (Å²) in [5.74, 6) is -0.884. The first kappa shape index (κ1) is 29.5. The summed E-state index contributed by atoms with van der Waals surface area (Å²) in [6.07, 6.45) is 0.323. The molecular formula is C28H31Cl2N3O4S. The minimum atomic E-state index is -4.16. The predicted octanol–water partition coefficient (Wildman–Crippen LogP) is 5.44. The maximum Gasteiger partial charge on any atom is 0.264 e. The van der Waals surface area contributed by atoms with E-state index in [0.717, 1.165) is 9.87 Å². The number of benzene rings is 3. The van der Waals surface area contributed by atoms with Crippen molar-refractivity contribution in [1.29, 1.82) is 0 Å². The molecule has 0 aliphatic heterocycles. The van der Waals surface area contributed by atoms with Crippen LogP contribution in [0.5, 0.6) is 0 Å². The lowest BCUT2D eigenvalue weighted by Crippen LogP contribution is -2.52. The van der Waals surface area contributed by atoms with E-state index in [9.17, 15) is 18.0 Å². The van der Waals surface area contributed by atoms with Crippen molar-refractivity contribution in [2.45, 2.75) is 44.7 Å². The number of hydrogen-bond donors (Lipinski definition) is 1. The molecule has 0 aliphatic rings. The molecule has 38 heavy (non-hydrogen) atoms. The highest BCUT2D eigenvalue weighted by Crippen LogP contribution is 2.29. The number of aryl methyl sites for hydroxylation is 1. The summed E-state index contributed by atoms with van der Waals surface area (Å²) in [5.41, 5.74) is 1.64. The quantitative estimate of drug-likeness (QED) is 0.330. The molecule has 0 radical (unpaired) electrons. The van der Waals surface area contributed by atoms with E-state index in [-0.39, 0.29) is 23.0 Å². The number of amides is 2. The molecule has 0 aliphatic carbocycles. The summed E-state index contributed by atoms with van der Waals surface area (Å²) in [4.78, 5) is 28.3. The van der Waals surface area contributed by atoms with Crippen LogP contribution in [0.2, 0.25) is 10.0 Å². The van der Waals surface area contributed by atoms with Gasteiger partial charge in [-0.2, -0.15) is 0 Å². The third-order valence-electron chi connectivity index (χ3n) is 6.09. The fourth-order valence-corrected chi connectivity index (χ4v) is 5.80. The van der Waals surface area contributed by atoms with Gasteiger partial charge in [-0.25, -0.2) is 8.42 Å². The smallest absolute Gasteiger partial charge is 0.264 e. The van der Waals surface area contributed by atoms with E-state index in [4.69, 9.17) is 23.2 Å². The molecule has 0 unspecified atom stereocenters. The minimum absolute atomic E-state index is 0.0259. The molecule has 7 nitrogen and oxygen atoms in total. The van der Waals surface area contributed by atoms with Crippen molar-refractivity contribution in [3.63, 3.8) is 0 Å². The Morgan fingerprint density at radius 1 is 0.921 bits per heavy atom. The summed E-state index contributed by atoms with van der Waals surface area (Å²) in [5, 5.41) is 3.58. The SMILES string of the molecule is CCNC(=O)[C@@H](CC)N(Cc1ccccc1Cl)C(=O)CN(c1ccc(C)c(Cl)c1)S(=O)(=O)c1ccccc1. The van der Waals surface area contributed by atoms with Gasteiger partial charge in [0.2, 0.25) is 11.8 Å². The van der Waals surface area contributed by atoms with Crippen molar-refractivity contribution >= 4 is 50.7 Å². The standard InChI is InChI=1S/C28H31Cl2N3O4S/c1-4-26(28(35)31-5-2)32(18-21-11-9-10-14-24(21)29)27(34)19-33(22-16-15-20(3)25(30)17-22)38(36,37)23-12-7-6-8-13-23/h6-17,26H,4-5,18-19H2,1-3H3,(H,31,35)/t26-/m1/s1. The van der Waals surface area contributed by atoms with Crippen LogP contribution in [0.25, 0.3) is 0 Å². The van der Waals surface area contributed by atoms with Gasteiger partial charge < -0.3 is 10.2 Å². The average Bonchev–Trinajstić information content (AvgIpc) is 2.90. The van der Waals surface area contributed by atoms with Gasteiger partial charge in [0.25, 0.3) is 10.0 Å². The molecular weight excluding hydrogens is 545 g/mol. The van der Waals surface area contributed by atoms with Crippen molar-refractivity contribution in [3.05, 3.63) is 94.0 Å². The van der Waals surface area contributed by atoms with Crippen LogP contribution in [0.15, 0.2) is 77.7 Å². The van der Waals surface area contributed by atoms with Crippen molar-refractivity contribution in [1.82, 2.24) is 10.2 Å². The lowest BCUT2D eigenvalue weighted by atomic mass is 10.1.